The first-order chi connectivity index (χ1) is 8.11. The Balaban J connectivity index is 2.30. The van der Waals surface area contributed by atoms with Gasteiger partial charge < -0.3 is 15.4 Å². The normalized spacial score (nSPS) is 16.4. The van der Waals surface area contributed by atoms with Crippen LogP contribution in [0.4, 0.5) is 5.69 Å². The zero-order chi connectivity index (χ0) is 12.4. The summed E-state index contributed by atoms with van der Waals surface area (Å²) in [4.78, 5) is 13.6. The molecular formula is C13H18N2O2. The predicted octanol–water partition coefficient (Wildman–Crippen LogP) is 1.46. The topological polar surface area (TPSA) is 55.6 Å². The molecule has 0 saturated heterocycles. The van der Waals surface area contributed by atoms with Crippen LogP contribution in [-0.4, -0.2) is 25.1 Å². The van der Waals surface area contributed by atoms with Gasteiger partial charge in [-0.1, -0.05) is 13.0 Å². The van der Waals surface area contributed by atoms with Gasteiger partial charge in [-0.3, -0.25) is 4.79 Å². The van der Waals surface area contributed by atoms with Gasteiger partial charge in [0, 0.05) is 12.6 Å². The maximum atomic E-state index is 11.8. The Hall–Kier alpha value is -1.55. The van der Waals surface area contributed by atoms with E-state index in [2.05, 4.69) is 0 Å². The molecule has 2 N–H and O–H groups in total. The number of ether oxygens (including phenoxy) is 1. The number of fused-ring (bicyclic) bond motifs is 1. The lowest BCUT2D eigenvalue weighted by atomic mass is 10.1. The molecule has 2 rings (SSSR count). The maximum Gasteiger partial charge on any atom is 0.265 e. The Morgan fingerprint density at radius 3 is 3.00 bits per heavy atom. The van der Waals surface area contributed by atoms with Gasteiger partial charge in [-0.25, -0.2) is 0 Å². The standard InChI is InChI=1S/C13H18N2O2/c1-3-10(14)7-15-11-5-4-9(2)6-12(11)17-8-13(15)16/h4-6,10H,3,7-8,14H2,1-2H3. The SMILES string of the molecule is CCC(N)CN1C(=O)COc2cc(C)ccc21. The first-order valence-electron chi connectivity index (χ1n) is 5.91. The molecule has 1 atom stereocenters. The number of anilines is 1. The predicted molar refractivity (Wildman–Crippen MR) is 67.3 cm³/mol. The number of hydrogen-bond donors (Lipinski definition) is 1. The highest BCUT2D eigenvalue weighted by Gasteiger charge is 2.26. The summed E-state index contributed by atoms with van der Waals surface area (Å²) >= 11 is 0. The fraction of sp³-hybridized carbons (Fsp3) is 0.462. The Morgan fingerprint density at radius 2 is 2.29 bits per heavy atom. The molecule has 0 bridgehead atoms. The molecular weight excluding hydrogens is 216 g/mol. The molecule has 1 aromatic rings. The average Bonchev–Trinajstić information content (AvgIpc) is 2.32. The monoisotopic (exact) mass is 234 g/mol. The number of carbonyl (C=O) groups is 1. The van der Waals surface area contributed by atoms with Crippen LogP contribution in [0.25, 0.3) is 0 Å². The van der Waals surface area contributed by atoms with Gasteiger partial charge >= 0.3 is 0 Å². The third kappa shape index (κ3) is 2.42. The highest BCUT2D eigenvalue weighted by atomic mass is 16.5. The zero-order valence-corrected chi connectivity index (χ0v) is 10.3. The second-order valence-electron chi connectivity index (χ2n) is 4.43. The number of nitrogens with two attached hydrogens (primary N) is 1. The van der Waals surface area contributed by atoms with E-state index in [1.165, 1.54) is 0 Å². The van der Waals surface area contributed by atoms with Gasteiger partial charge in [0.1, 0.15) is 5.75 Å². The summed E-state index contributed by atoms with van der Waals surface area (Å²) in [5.74, 6) is 0.748. The van der Waals surface area contributed by atoms with Gasteiger partial charge in [0.2, 0.25) is 0 Å². The van der Waals surface area contributed by atoms with Crippen molar-refractivity contribution in [2.75, 3.05) is 18.1 Å². The molecule has 1 aliphatic rings. The van der Waals surface area contributed by atoms with E-state index in [0.717, 1.165) is 23.4 Å². The van der Waals surface area contributed by atoms with E-state index >= 15 is 0 Å². The first kappa shape index (κ1) is 11.9. The van der Waals surface area contributed by atoms with Gasteiger partial charge in [0.25, 0.3) is 5.91 Å². The molecule has 1 aliphatic heterocycles. The molecule has 0 radical (unpaired) electrons. The van der Waals surface area contributed by atoms with Crippen LogP contribution < -0.4 is 15.4 Å². The van der Waals surface area contributed by atoms with Crippen molar-refractivity contribution in [1.82, 2.24) is 0 Å². The van der Waals surface area contributed by atoms with Crippen molar-refractivity contribution in [2.24, 2.45) is 5.73 Å². The molecule has 4 heteroatoms. The lowest BCUT2D eigenvalue weighted by Crippen LogP contribution is -2.45. The van der Waals surface area contributed by atoms with Crippen molar-refractivity contribution in [3.63, 3.8) is 0 Å². The molecule has 0 fully saturated rings. The maximum absolute atomic E-state index is 11.8. The summed E-state index contributed by atoms with van der Waals surface area (Å²) in [6.45, 7) is 4.68. The highest BCUT2D eigenvalue weighted by molar-refractivity contribution is 5.97. The molecule has 0 spiro atoms. The van der Waals surface area contributed by atoms with Crippen LogP contribution in [0.5, 0.6) is 5.75 Å². The van der Waals surface area contributed by atoms with Gasteiger partial charge in [-0.15, -0.1) is 0 Å². The Morgan fingerprint density at radius 1 is 1.53 bits per heavy atom. The first-order valence-corrected chi connectivity index (χ1v) is 5.91. The number of nitrogens with zero attached hydrogens (tertiary/aromatic N) is 1. The number of amides is 1. The minimum atomic E-state index is -0.0229. The smallest absolute Gasteiger partial charge is 0.265 e. The fourth-order valence-electron chi connectivity index (χ4n) is 1.88. The van der Waals surface area contributed by atoms with Crippen LogP contribution in [0.2, 0.25) is 0 Å². The van der Waals surface area contributed by atoms with Gasteiger partial charge in [-0.05, 0) is 31.0 Å². The fourth-order valence-corrected chi connectivity index (χ4v) is 1.88. The summed E-state index contributed by atoms with van der Waals surface area (Å²) in [5.41, 5.74) is 7.87. The molecule has 92 valence electrons. The number of benzene rings is 1. The molecule has 1 aromatic carbocycles. The summed E-state index contributed by atoms with van der Waals surface area (Å²) in [7, 11) is 0. The van der Waals surface area contributed by atoms with Crippen LogP contribution >= 0.6 is 0 Å². The van der Waals surface area contributed by atoms with Crippen molar-refractivity contribution in [2.45, 2.75) is 26.3 Å². The molecule has 1 heterocycles. The van der Waals surface area contributed by atoms with E-state index in [0.29, 0.717) is 6.54 Å². The van der Waals surface area contributed by atoms with Crippen LogP contribution in [0.15, 0.2) is 18.2 Å². The number of aryl methyl sites for hydroxylation is 1. The van der Waals surface area contributed by atoms with Crippen molar-refractivity contribution < 1.29 is 9.53 Å². The lowest BCUT2D eigenvalue weighted by molar-refractivity contribution is -0.121. The molecule has 1 amide bonds. The minimum absolute atomic E-state index is 0.00574. The summed E-state index contributed by atoms with van der Waals surface area (Å²) < 4.78 is 5.43. The Bertz CT molecular complexity index is 431. The van der Waals surface area contributed by atoms with E-state index < -0.39 is 0 Å². The van der Waals surface area contributed by atoms with E-state index in [1.54, 1.807) is 4.90 Å². The van der Waals surface area contributed by atoms with E-state index in [1.807, 2.05) is 32.0 Å². The number of carbonyl (C=O) groups excluding carboxylic acids is 1. The molecule has 0 aliphatic carbocycles. The second kappa shape index (κ2) is 4.75. The quantitative estimate of drug-likeness (QED) is 0.861. The minimum Gasteiger partial charge on any atom is -0.482 e. The van der Waals surface area contributed by atoms with Gasteiger partial charge in [0.15, 0.2) is 6.61 Å². The highest BCUT2D eigenvalue weighted by Crippen LogP contribution is 2.32. The molecule has 0 aromatic heterocycles. The van der Waals surface area contributed by atoms with E-state index in [9.17, 15) is 4.79 Å². The third-order valence-electron chi connectivity index (χ3n) is 3.00. The third-order valence-corrected chi connectivity index (χ3v) is 3.00. The average molecular weight is 234 g/mol. The number of rotatable bonds is 3. The van der Waals surface area contributed by atoms with Crippen LogP contribution in [0.3, 0.4) is 0 Å². The summed E-state index contributed by atoms with van der Waals surface area (Å²) in [5, 5.41) is 0. The van der Waals surface area contributed by atoms with E-state index in [4.69, 9.17) is 10.5 Å². The van der Waals surface area contributed by atoms with Gasteiger partial charge in [0.05, 0.1) is 5.69 Å². The molecule has 1 unspecified atom stereocenters. The van der Waals surface area contributed by atoms with Crippen molar-refractivity contribution in [3.8, 4) is 5.75 Å². The van der Waals surface area contributed by atoms with Gasteiger partial charge in [-0.2, -0.15) is 0 Å². The largest absolute Gasteiger partial charge is 0.482 e. The van der Waals surface area contributed by atoms with Crippen molar-refractivity contribution >= 4 is 11.6 Å². The van der Waals surface area contributed by atoms with Crippen molar-refractivity contribution in [1.29, 1.82) is 0 Å². The summed E-state index contributed by atoms with van der Waals surface area (Å²) in [6, 6.07) is 5.85. The van der Waals surface area contributed by atoms with Crippen LogP contribution in [0, 0.1) is 6.92 Å². The molecule has 17 heavy (non-hydrogen) atoms. The Labute approximate surface area is 101 Å². The lowest BCUT2D eigenvalue weighted by Gasteiger charge is -2.31. The number of hydrogen-bond acceptors (Lipinski definition) is 3. The van der Waals surface area contributed by atoms with Crippen LogP contribution in [0.1, 0.15) is 18.9 Å². The zero-order valence-electron chi connectivity index (χ0n) is 10.3. The van der Waals surface area contributed by atoms with E-state index in [-0.39, 0.29) is 18.6 Å². The second-order valence-corrected chi connectivity index (χ2v) is 4.43. The Kier molecular flexibility index (Phi) is 3.33. The molecule has 0 saturated carbocycles. The van der Waals surface area contributed by atoms with Crippen LogP contribution in [-0.2, 0) is 4.79 Å². The summed E-state index contributed by atoms with van der Waals surface area (Å²) in [6.07, 6.45) is 0.853. The molecule has 4 nitrogen and oxygen atoms in total. The van der Waals surface area contributed by atoms with Crippen molar-refractivity contribution in [3.05, 3.63) is 23.8 Å².